The largest absolute Gasteiger partial charge is 0.355 e. The van der Waals surface area contributed by atoms with E-state index in [2.05, 4.69) is 72.7 Å². The van der Waals surface area contributed by atoms with Crippen molar-refractivity contribution in [2.45, 2.75) is 58.8 Å². The number of hydrogen-bond acceptors (Lipinski definition) is 4. The molecule has 184 valence electrons. The van der Waals surface area contributed by atoms with Crippen molar-refractivity contribution in [3.63, 3.8) is 0 Å². The minimum Gasteiger partial charge on any atom is -0.355 e. The van der Waals surface area contributed by atoms with Gasteiger partial charge in [0.1, 0.15) is 0 Å². The summed E-state index contributed by atoms with van der Waals surface area (Å²) >= 11 is 0. The molecule has 2 aliphatic rings. The second kappa shape index (κ2) is 10.1. The number of benzene rings is 2. The lowest BCUT2D eigenvalue weighted by molar-refractivity contribution is 0.389. The first-order valence-electron chi connectivity index (χ1n) is 13.0. The topological polar surface area (TPSA) is 59.1 Å². The highest BCUT2D eigenvalue weighted by molar-refractivity contribution is 7.91. The van der Waals surface area contributed by atoms with Crippen molar-refractivity contribution in [3.8, 4) is 11.3 Å². The molecule has 5 rings (SSSR count). The van der Waals surface area contributed by atoms with Crippen molar-refractivity contribution in [3.05, 3.63) is 77.0 Å². The Morgan fingerprint density at radius 3 is 2.63 bits per heavy atom. The van der Waals surface area contributed by atoms with Crippen LogP contribution in [-0.4, -0.2) is 24.9 Å². The molecule has 2 atom stereocenters. The Hall–Kier alpha value is -2.66. The Labute approximate surface area is 210 Å². The second-order valence-corrected chi connectivity index (χ2v) is 12.9. The lowest BCUT2D eigenvalue weighted by Gasteiger charge is -2.18. The van der Waals surface area contributed by atoms with Crippen LogP contribution < -0.4 is 5.32 Å². The maximum Gasteiger partial charge on any atom is 0.150 e. The summed E-state index contributed by atoms with van der Waals surface area (Å²) < 4.78 is 23.6. The van der Waals surface area contributed by atoms with Gasteiger partial charge >= 0.3 is 0 Å². The molecule has 0 bridgehead atoms. The van der Waals surface area contributed by atoms with E-state index in [-0.39, 0.29) is 0 Å². The average Bonchev–Trinajstić information content (AvgIpc) is 3.05. The van der Waals surface area contributed by atoms with Gasteiger partial charge in [-0.25, -0.2) is 8.42 Å². The standard InChI is InChI=1S/C30H36N2O2S/c1-21-9-14-29(31-19-21)28-18-26(13-10-22(28)2)32-30-8-4-6-25-17-23(5-3-7-27(25)30)11-12-24-15-16-35(33,34)20-24/h4,6,8-10,13-14,18-19,23-24,32H,3,5,7,11-12,15-17,20H2,1-2H3. The first-order valence-corrected chi connectivity index (χ1v) is 14.8. The second-order valence-electron chi connectivity index (χ2n) is 10.6. The number of aryl methyl sites for hydroxylation is 2. The zero-order valence-electron chi connectivity index (χ0n) is 20.9. The molecule has 0 radical (unpaired) electrons. The van der Waals surface area contributed by atoms with Crippen LogP contribution in [0, 0.1) is 25.7 Å². The maximum absolute atomic E-state index is 11.8. The van der Waals surface area contributed by atoms with Gasteiger partial charge in [0.2, 0.25) is 0 Å². The Bertz CT molecular complexity index is 1300. The van der Waals surface area contributed by atoms with Crippen LogP contribution in [0.3, 0.4) is 0 Å². The predicted molar refractivity (Wildman–Crippen MR) is 145 cm³/mol. The summed E-state index contributed by atoms with van der Waals surface area (Å²) in [6.45, 7) is 4.20. The summed E-state index contributed by atoms with van der Waals surface area (Å²) in [4.78, 5) is 4.64. The molecular formula is C30H36N2O2S. The van der Waals surface area contributed by atoms with Crippen molar-refractivity contribution in [2.24, 2.45) is 11.8 Å². The van der Waals surface area contributed by atoms with Gasteiger partial charge in [-0.15, -0.1) is 0 Å². The van der Waals surface area contributed by atoms with Crippen molar-refractivity contribution in [2.75, 3.05) is 16.8 Å². The molecule has 2 aromatic carbocycles. The van der Waals surface area contributed by atoms with E-state index < -0.39 is 9.84 Å². The number of hydrogen-bond donors (Lipinski definition) is 1. The number of rotatable bonds is 6. The van der Waals surface area contributed by atoms with Crippen LogP contribution in [0.25, 0.3) is 11.3 Å². The predicted octanol–water partition coefficient (Wildman–Crippen LogP) is 6.82. The van der Waals surface area contributed by atoms with E-state index in [1.807, 2.05) is 6.20 Å². The van der Waals surface area contributed by atoms with Gasteiger partial charge in [0.05, 0.1) is 17.2 Å². The van der Waals surface area contributed by atoms with Gasteiger partial charge in [-0.2, -0.15) is 0 Å². The third-order valence-corrected chi connectivity index (χ3v) is 9.67. The van der Waals surface area contributed by atoms with E-state index in [1.165, 1.54) is 40.8 Å². The summed E-state index contributed by atoms with van der Waals surface area (Å²) in [5.41, 5.74) is 9.72. The molecule has 0 spiro atoms. The molecule has 3 aromatic rings. The van der Waals surface area contributed by atoms with E-state index in [9.17, 15) is 8.42 Å². The van der Waals surface area contributed by atoms with Crippen molar-refractivity contribution in [1.82, 2.24) is 4.98 Å². The van der Waals surface area contributed by atoms with Crippen LogP contribution in [0.2, 0.25) is 0 Å². The first-order chi connectivity index (χ1) is 16.9. The summed E-state index contributed by atoms with van der Waals surface area (Å²) in [5.74, 6) is 1.81. The third-order valence-electron chi connectivity index (χ3n) is 7.83. The SMILES string of the molecule is Cc1ccc(-c2cc(Nc3cccc4c3CCCC(CCC3CCS(=O)(=O)C3)C4)ccc2C)nc1. The molecule has 1 aliphatic carbocycles. The molecule has 35 heavy (non-hydrogen) atoms. The molecule has 0 saturated carbocycles. The van der Waals surface area contributed by atoms with Crippen molar-refractivity contribution >= 4 is 21.2 Å². The highest BCUT2D eigenvalue weighted by atomic mass is 32.2. The average molecular weight is 489 g/mol. The normalized spacial score (nSPS) is 21.3. The lowest BCUT2D eigenvalue weighted by atomic mass is 9.89. The number of aromatic nitrogens is 1. The number of pyridine rings is 1. The third kappa shape index (κ3) is 5.78. The quantitative estimate of drug-likeness (QED) is 0.387. The minimum absolute atomic E-state index is 0.370. The van der Waals surface area contributed by atoms with Crippen LogP contribution >= 0.6 is 0 Å². The monoisotopic (exact) mass is 488 g/mol. The van der Waals surface area contributed by atoms with Crippen LogP contribution in [0.5, 0.6) is 0 Å². The Morgan fingerprint density at radius 2 is 1.86 bits per heavy atom. The molecule has 2 unspecified atom stereocenters. The van der Waals surface area contributed by atoms with Crippen LogP contribution in [0.1, 0.15) is 54.4 Å². The molecule has 1 aliphatic heterocycles. The molecule has 5 heteroatoms. The molecule has 1 fully saturated rings. The number of nitrogens with one attached hydrogen (secondary N) is 1. The number of fused-ring (bicyclic) bond motifs is 1. The van der Waals surface area contributed by atoms with Crippen molar-refractivity contribution in [1.29, 1.82) is 0 Å². The van der Waals surface area contributed by atoms with Gasteiger partial charge in [-0.3, -0.25) is 4.98 Å². The Kier molecular flexibility index (Phi) is 6.97. The van der Waals surface area contributed by atoms with Gasteiger partial charge < -0.3 is 5.32 Å². The molecular weight excluding hydrogens is 452 g/mol. The molecule has 1 aromatic heterocycles. The van der Waals surface area contributed by atoms with Gasteiger partial charge in [0.15, 0.2) is 9.84 Å². The minimum atomic E-state index is -2.78. The summed E-state index contributed by atoms with van der Waals surface area (Å²) in [7, 11) is -2.78. The van der Waals surface area contributed by atoms with Crippen LogP contribution in [-0.2, 0) is 22.7 Å². The fourth-order valence-corrected chi connectivity index (χ4v) is 7.71. The summed E-state index contributed by atoms with van der Waals surface area (Å²) in [5, 5.41) is 3.71. The zero-order chi connectivity index (χ0) is 24.4. The smallest absolute Gasteiger partial charge is 0.150 e. The fraction of sp³-hybridized carbons (Fsp3) is 0.433. The number of sulfone groups is 1. The van der Waals surface area contributed by atoms with Crippen molar-refractivity contribution < 1.29 is 8.42 Å². The highest BCUT2D eigenvalue weighted by Gasteiger charge is 2.28. The van der Waals surface area contributed by atoms with E-state index in [1.54, 1.807) is 0 Å². The first kappa shape index (κ1) is 24.1. The zero-order valence-corrected chi connectivity index (χ0v) is 21.7. The van der Waals surface area contributed by atoms with E-state index in [0.717, 1.165) is 49.0 Å². The van der Waals surface area contributed by atoms with Gasteiger partial charge in [-0.1, -0.05) is 24.3 Å². The summed E-state index contributed by atoms with van der Waals surface area (Å²) in [6.07, 6.45) is 9.57. The van der Waals surface area contributed by atoms with Gasteiger partial charge in [0, 0.05) is 23.1 Å². The summed E-state index contributed by atoms with van der Waals surface area (Å²) in [6, 6.07) is 17.4. The van der Waals surface area contributed by atoms with Crippen LogP contribution in [0.4, 0.5) is 11.4 Å². The maximum atomic E-state index is 11.8. The Morgan fingerprint density at radius 1 is 1.00 bits per heavy atom. The van der Waals surface area contributed by atoms with E-state index >= 15 is 0 Å². The molecule has 1 N–H and O–H groups in total. The lowest BCUT2D eigenvalue weighted by Crippen LogP contribution is -2.09. The fourth-order valence-electron chi connectivity index (χ4n) is 5.79. The number of nitrogens with zero attached hydrogens (tertiary/aromatic N) is 1. The highest BCUT2D eigenvalue weighted by Crippen LogP contribution is 2.35. The van der Waals surface area contributed by atoms with Gasteiger partial charge in [-0.05, 0) is 117 Å². The van der Waals surface area contributed by atoms with Gasteiger partial charge in [0.25, 0.3) is 0 Å². The Balaban J connectivity index is 1.31. The molecule has 2 heterocycles. The molecule has 4 nitrogen and oxygen atoms in total. The molecule has 0 amide bonds. The van der Waals surface area contributed by atoms with E-state index in [0.29, 0.717) is 23.3 Å². The number of anilines is 2. The molecule has 1 saturated heterocycles. The van der Waals surface area contributed by atoms with Crippen LogP contribution in [0.15, 0.2) is 54.7 Å². The van der Waals surface area contributed by atoms with E-state index in [4.69, 9.17) is 0 Å².